The number of H-pyrrole nitrogens is 1. The van der Waals surface area contributed by atoms with E-state index in [1.165, 1.54) is 5.56 Å². The second-order valence-electron chi connectivity index (χ2n) is 4.97. The molecule has 1 aromatic carbocycles. The summed E-state index contributed by atoms with van der Waals surface area (Å²) < 4.78 is 1.57. The van der Waals surface area contributed by atoms with Gasteiger partial charge in [0.2, 0.25) is 0 Å². The van der Waals surface area contributed by atoms with E-state index in [1.807, 2.05) is 39.0 Å². The van der Waals surface area contributed by atoms with E-state index in [9.17, 15) is 4.79 Å². The molecule has 1 heterocycles. The van der Waals surface area contributed by atoms with Gasteiger partial charge in [-0.25, -0.2) is 4.68 Å². The molecule has 0 amide bonds. The fraction of sp³-hybridized carbons (Fsp3) is 0.357. The van der Waals surface area contributed by atoms with Gasteiger partial charge in [-0.05, 0) is 18.4 Å². The molecular weight excluding hydrogens is 226 g/mol. The number of hydrogen-bond donors (Lipinski definition) is 2. The molecule has 0 saturated carbocycles. The van der Waals surface area contributed by atoms with Crippen LogP contribution < -0.4 is 11.3 Å². The number of aromatic amines is 1. The zero-order chi connectivity index (χ0) is 13.3. The fourth-order valence-electron chi connectivity index (χ4n) is 2.06. The van der Waals surface area contributed by atoms with Gasteiger partial charge in [-0.1, -0.05) is 43.7 Å². The van der Waals surface area contributed by atoms with Crippen molar-refractivity contribution < 1.29 is 0 Å². The second kappa shape index (κ2) is 4.72. The van der Waals surface area contributed by atoms with Crippen molar-refractivity contribution in [3.8, 4) is 0 Å². The van der Waals surface area contributed by atoms with Gasteiger partial charge in [-0.2, -0.15) is 0 Å². The molecule has 4 heteroatoms. The Morgan fingerprint density at radius 3 is 2.67 bits per heavy atom. The Balaban J connectivity index is 2.36. The number of nitrogens with zero attached hydrogens (tertiary/aromatic N) is 1. The summed E-state index contributed by atoms with van der Waals surface area (Å²) in [5.41, 5.74) is 9.10. The summed E-state index contributed by atoms with van der Waals surface area (Å²) in [5, 5.41) is 3.10. The molecule has 0 saturated heterocycles. The Kier molecular flexibility index (Phi) is 3.28. The predicted octanol–water partition coefficient (Wildman–Crippen LogP) is 2.24. The van der Waals surface area contributed by atoms with E-state index in [0.29, 0.717) is 12.2 Å². The van der Waals surface area contributed by atoms with E-state index in [4.69, 9.17) is 5.73 Å². The van der Waals surface area contributed by atoms with Crippen molar-refractivity contribution in [1.29, 1.82) is 0 Å². The Morgan fingerprint density at radius 2 is 2.11 bits per heavy atom. The molecular formula is C14H19N3O. The topological polar surface area (TPSA) is 63.8 Å². The summed E-state index contributed by atoms with van der Waals surface area (Å²) in [6.45, 7) is 6.59. The van der Waals surface area contributed by atoms with E-state index in [0.717, 1.165) is 11.3 Å². The Hall–Kier alpha value is -1.97. The van der Waals surface area contributed by atoms with Crippen LogP contribution in [0.2, 0.25) is 0 Å². The highest BCUT2D eigenvalue weighted by Crippen LogP contribution is 2.16. The normalized spacial score (nSPS) is 11.1. The maximum Gasteiger partial charge on any atom is 0.290 e. The molecule has 0 fully saturated rings. The number of benzene rings is 1. The summed E-state index contributed by atoms with van der Waals surface area (Å²) in [7, 11) is 0. The van der Waals surface area contributed by atoms with E-state index in [1.54, 1.807) is 4.68 Å². The van der Waals surface area contributed by atoms with Gasteiger partial charge in [0.05, 0.1) is 12.2 Å². The Labute approximate surface area is 106 Å². The van der Waals surface area contributed by atoms with Crippen LogP contribution in [0.1, 0.15) is 36.6 Å². The lowest BCUT2D eigenvalue weighted by molar-refractivity contribution is 0.640. The van der Waals surface area contributed by atoms with Gasteiger partial charge in [0.15, 0.2) is 0 Å². The molecule has 1 aromatic heterocycles. The summed E-state index contributed by atoms with van der Waals surface area (Å²) in [5.74, 6) is 0.219. The number of nitrogens with two attached hydrogens (primary N) is 1. The number of nitrogen functional groups attached to an aromatic ring is 1. The molecule has 3 N–H and O–H groups in total. The van der Waals surface area contributed by atoms with Crippen LogP contribution in [0.5, 0.6) is 0 Å². The van der Waals surface area contributed by atoms with Crippen LogP contribution in [-0.4, -0.2) is 9.78 Å². The minimum absolute atomic E-state index is 0.139. The van der Waals surface area contributed by atoms with Crippen LogP contribution in [0.15, 0.2) is 29.1 Å². The number of rotatable bonds is 3. The van der Waals surface area contributed by atoms with E-state index >= 15 is 0 Å². The smallest absolute Gasteiger partial charge is 0.290 e. The van der Waals surface area contributed by atoms with Crippen molar-refractivity contribution in [2.24, 2.45) is 0 Å². The number of aryl methyl sites for hydroxylation is 1. The first-order valence-corrected chi connectivity index (χ1v) is 6.12. The lowest BCUT2D eigenvalue weighted by atomic mass is 10.1. The van der Waals surface area contributed by atoms with Gasteiger partial charge >= 0.3 is 0 Å². The Morgan fingerprint density at radius 1 is 1.39 bits per heavy atom. The van der Waals surface area contributed by atoms with E-state index in [2.05, 4.69) is 11.2 Å². The van der Waals surface area contributed by atoms with Crippen LogP contribution in [0.25, 0.3) is 0 Å². The standard InChI is InChI=1S/C14H19N3O/c1-9(2)13-12(15)14(18)17(16-13)8-11-6-4-5-10(3)7-11/h4-7,9,16H,8,15H2,1-3H3. The molecule has 0 spiro atoms. The third kappa shape index (κ3) is 2.32. The second-order valence-corrected chi connectivity index (χ2v) is 4.97. The lowest BCUT2D eigenvalue weighted by Crippen LogP contribution is -2.19. The largest absolute Gasteiger partial charge is 0.393 e. The first-order chi connectivity index (χ1) is 8.49. The molecule has 0 unspecified atom stereocenters. The van der Waals surface area contributed by atoms with Crippen molar-refractivity contribution >= 4 is 5.69 Å². The number of aromatic nitrogens is 2. The minimum Gasteiger partial charge on any atom is -0.393 e. The van der Waals surface area contributed by atoms with Gasteiger partial charge in [-0.15, -0.1) is 0 Å². The summed E-state index contributed by atoms with van der Waals surface area (Å²) in [4.78, 5) is 12.0. The molecule has 18 heavy (non-hydrogen) atoms. The van der Waals surface area contributed by atoms with Crippen LogP contribution in [0.3, 0.4) is 0 Å². The van der Waals surface area contributed by atoms with Crippen molar-refractivity contribution in [1.82, 2.24) is 9.78 Å². The van der Waals surface area contributed by atoms with Crippen molar-refractivity contribution in [3.05, 3.63) is 51.4 Å². The molecule has 0 radical (unpaired) electrons. The highest BCUT2D eigenvalue weighted by atomic mass is 16.1. The maximum absolute atomic E-state index is 12.0. The maximum atomic E-state index is 12.0. The fourth-order valence-corrected chi connectivity index (χ4v) is 2.06. The number of hydrogen-bond acceptors (Lipinski definition) is 2. The molecule has 0 aliphatic carbocycles. The summed E-state index contributed by atoms with van der Waals surface area (Å²) in [6, 6.07) is 8.10. The summed E-state index contributed by atoms with van der Waals surface area (Å²) in [6.07, 6.45) is 0. The van der Waals surface area contributed by atoms with Gasteiger partial charge in [-0.3, -0.25) is 9.89 Å². The van der Waals surface area contributed by atoms with Gasteiger partial charge in [0.1, 0.15) is 5.69 Å². The molecule has 0 aliphatic rings. The monoisotopic (exact) mass is 245 g/mol. The zero-order valence-electron chi connectivity index (χ0n) is 11.0. The highest BCUT2D eigenvalue weighted by molar-refractivity contribution is 5.42. The molecule has 2 rings (SSSR count). The molecule has 96 valence electrons. The molecule has 0 bridgehead atoms. The van der Waals surface area contributed by atoms with Crippen LogP contribution in [0.4, 0.5) is 5.69 Å². The van der Waals surface area contributed by atoms with Crippen LogP contribution in [0, 0.1) is 6.92 Å². The van der Waals surface area contributed by atoms with Crippen molar-refractivity contribution in [2.45, 2.75) is 33.2 Å². The molecule has 0 aliphatic heterocycles. The highest BCUT2D eigenvalue weighted by Gasteiger charge is 2.13. The quantitative estimate of drug-likeness (QED) is 0.871. The van der Waals surface area contributed by atoms with Gasteiger partial charge < -0.3 is 5.73 Å². The van der Waals surface area contributed by atoms with Gasteiger partial charge in [0.25, 0.3) is 5.56 Å². The minimum atomic E-state index is -0.139. The summed E-state index contributed by atoms with van der Waals surface area (Å²) >= 11 is 0. The molecule has 2 aromatic rings. The first-order valence-electron chi connectivity index (χ1n) is 6.12. The predicted molar refractivity (Wildman–Crippen MR) is 73.8 cm³/mol. The number of nitrogens with one attached hydrogen (secondary N) is 1. The van der Waals surface area contributed by atoms with Crippen molar-refractivity contribution in [3.63, 3.8) is 0 Å². The Bertz CT molecular complexity index is 608. The SMILES string of the molecule is Cc1cccc(Cn2[nH]c(C(C)C)c(N)c2=O)c1. The lowest BCUT2D eigenvalue weighted by Gasteiger charge is -2.04. The van der Waals surface area contributed by atoms with Crippen LogP contribution in [-0.2, 0) is 6.54 Å². The number of anilines is 1. The van der Waals surface area contributed by atoms with Crippen LogP contribution >= 0.6 is 0 Å². The van der Waals surface area contributed by atoms with Gasteiger partial charge in [0, 0.05) is 0 Å². The molecule has 0 atom stereocenters. The average molecular weight is 245 g/mol. The molecule has 4 nitrogen and oxygen atoms in total. The average Bonchev–Trinajstić information content (AvgIpc) is 2.58. The van der Waals surface area contributed by atoms with E-state index in [-0.39, 0.29) is 11.5 Å². The zero-order valence-corrected chi connectivity index (χ0v) is 11.0. The third-order valence-corrected chi connectivity index (χ3v) is 3.02. The van der Waals surface area contributed by atoms with E-state index < -0.39 is 0 Å². The third-order valence-electron chi connectivity index (χ3n) is 3.02. The first kappa shape index (κ1) is 12.5. The van der Waals surface area contributed by atoms with Crippen molar-refractivity contribution in [2.75, 3.05) is 5.73 Å².